The lowest BCUT2D eigenvalue weighted by Gasteiger charge is -2.33. The largest absolute Gasteiger partial charge is 0.391 e. The van der Waals surface area contributed by atoms with Crippen molar-refractivity contribution in [2.75, 3.05) is 13.1 Å². The maximum absolute atomic E-state index is 9.84. The Balaban J connectivity index is 1.91. The number of hydrogen-bond donors (Lipinski definition) is 1. The third-order valence-electron chi connectivity index (χ3n) is 3.08. The third-order valence-corrected chi connectivity index (χ3v) is 3.08. The van der Waals surface area contributed by atoms with Crippen molar-refractivity contribution in [3.05, 3.63) is 46.3 Å². The molecule has 0 aromatic heterocycles. The highest BCUT2D eigenvalue weighted by Gasteiger charge is 2.26. The molecule has 2 rings (SSSR count). The predicted octanol–water partition coefficient (Wildman–Crippen LogP) is 1.93. The fourth-order valence-corrected chi connectivity index (χ4v) is 2.17. The van der Waals surface area contributed by atoms with Gasteiger partial charge in [0.25, 0.3) is 0 Å². The van der Waals surface area contributed by atoms with Crippen LogP contribution in [-0.4, -0.2) is 35.2 Å². The van der Waals surface area contributed by atoms with Crippen molar-refractivity contribution in [2.45, 2.75) is 25.1 Å². The van der Waals surface area contributed by atoms with Crippen LogP contribution >= 0.6 is 0 Å². The summed E-state index contributed by atoms with van der Waals surface area (Å²) in [6, 6.07) is 9.90. The van der Waals surface area contributed by atoms with Crippen molar-refractivity contribution in [3.8, 4) is 0 Å². The maximum atomic E-state index is 9.84. The van der Waals surface area contributed by atoms with Crippen LogP contribution in [0.15, 0.2) is 35.4 Å². The molecule has 1 fully saturated rings. The van der Waals surface area contributed by atoms with Gasteiger partial charge in [0.15, 0.2) is 0 Å². The molecular formula is C12H16N4O. The monoisotopic (exact) mass is 232 g/mol. The fourth-order valence-electron chi connectivity index (χ4n) is 2.17. The van der Waals surface area contributed by atoms with Gasteiger partial charge in [-0.3, -0.25) is 4.90 Å². The summed E-state index contributed by atoms with van der Waals surface area (Å²) < 4.78 is 0. The molecule has 1 aliphatic heterocycles. The van der Waals surface area contributed by atoms with Gasteiger partial charge in [-0.1, -0.05) is 35.4 Å². The molecule has 5 nitrogen and oxygen atoms in total. The van der Waals surface area contributed by atoms with E-state index in [0.717, 1.165) is 19.5 Å². The Bertz CT molecular complexity index is 402. The Morgan fingerprint density at radius 1 is 1.41 bits per heavy atom. The lowest BCUT2D eigenvalue weighted by molar-refractivity contribution is 0.0501. The third kappa shape index (κ3) is 3.20. The number of β-amino-alcohol motifs (C(OH)–C–C–N with tert-alkyl or cyclic N) is 1. The quantitative estimate of drug-likeness (QED) is 0.491. The molecule has 1 saturated heterocycles. The molecule has 0 bridgehead atoms. The van der Waals surface area contributed by atoms with Crippen molar-refractivity contribution in [3.63, 3.8) is 0 Å². The van der Waals surface area contributed by atoms with Gasteiger partial charge in [-0.2, -0.15) is 0 Å². The first kappa shape index (κ1) is 11.9. The van der Waals surface area contributed by atoms with Gasteiger partial charge in [0.05, 0.1) is 12.1 Å². The molecule has 1 aromatic rings. The topological polar surface area (TPSA) is 72.2 Å². The second-order valence-corrected chi connectivity index (χ2v) is 4.35. The molecule has 0 saturated carbocycles. The van der Waals surface area contributed by atoms with Crippen molar-refractivity contribution in [1.82, 2.24) is 4.90 Å². The summed E-state index contributed by atoms with van der Waals surface area (Å²) >= 11 is 0. The summed E-state index contributed by atoms with van der Waals surface area (Å²) in [4.78, 5) is 4.95. The van der Waals surface area contributed by atoms with E-state index >= 15 is 0 Å². The van der Waals surface area contributed by atoms with Crippen LogP contribution in [0.2, 0.25) is 0 Å². The molecule has 0 spiro atoms. The van der Waals surface area contributed by atoms with Gasteiger partial charge < -0.3 is 5.11 Å². The van der Waals surface area contributed by atoms with E-state index in [1.54, 1.807) is 0 Å². The van der Waals surface area contributed by atoms with Gasteiger partial charge in [0, 0.05) is 18.0 Å². The van der Waals surface area contributed by atoms with E-state index in [2.05, 4.69) is 27.1 Å². The molecular weight excluding hydrogens is 216 g/mol. The summed E-state index contributed by atoms with van der Waals surface area (Å²) in [6.45, 7) is 2.26. The van der Waals surface area contributed by atoms with E-state index in [9.17, 15) is 5.11 Å². The summed E-state index contributed by atoms with van der Waals surface area (Å²) in [5.41, 5.74) is 9.61. The number of piperidine rings is 1. The molecule has 1 aromatic carbocycles. The molecule has 0 aliphatic carbocycles. The average molecular weight is 232 g/mol. The fraction of sp³-hybridized carbons (Fsp3) is 0.500. The number of nitrogens with zero attached hydrogens (tertiary/aromatic N) is 4. The Labute approximate surface area is 100 Å². The minimum atomic E-state index is -0.552. The second-order valence-electron chi connectivity index (χ2n) is 4.35. The maximum Gasteiger partial charge on any atom is 0.0752 e. The molecule has 1 heterocycles. The van der Waals surface area contributed by atoms with Crippen LogP contribution in [-0.2, 0) is 6.54 Å². The summed E-state index contributed by atoms with van der Waals surface area (Å²) in [7, 11) is 0. The highest BCUT2D eigenvalue weighted by atomic mass is 16.3. The number of benzene rings is 1. The molecule has 1 aliphatic rings. The first-order valence-electron chi connectivity index (χ1n) is 5.78. The predicted molar refractivity (Wildman–Crippen MR) is 65.3 cm³/mol. The highest BCUT2D eigenvalue weighted by Crippen LogP contribution is 2.16. The molecule has 2 atom stereocenters. The Morgan fingerprint density at radius 2 is 2.18 bits per heavy atom. The van der Waals surface area contributed by atoms with Gasteiger partial charge in [0.2, 0.25) is 0 Å². The van der Waals surface area contributed by atoms with E-state index < -0.39 is 6.10 Å². The van der Waals surface area contributed by atoms with Crippen molar-refractivity contribution in [2.24, 2.45) is 5.11 Å². The lowest BCUT2D eigenvalue weighted by atomic mass is 10.0. The van der Waals surface area contributed by atoms with Crippen LogP contribution in [0.1, 0.15) is 12.0 Å². The zero-order valence-corrected chi connectivity index (χ0v) is 9.61. The number of azide groups is 1. The Kier molecular flexibility index (Phi) is 3.98. The van der Waals surface area contributed by atoms with Crippen molar-refractivity contribution in [1.29, 1.82) is 0 Å². The first-order chi connectivity index (χ1) is 8.29. The molecule has 0 radical (unpaired) electrons. The van der Waals surface area contributed by atoms with Crippen molar-refractivity contribution < 1.29 is 5.11 Å². The SMILES string of the molecule is [N-]=[N+]=N[C@H]1CCN(Cc2ccccc2)C[C@@H]1O. The summed E-state index contributed by atoms with van der Waals surface area (Å²) in [5, 5.41) is 13.5. The number of aliphatic hydroxyl groups excluding tert-OH is 1. The van der Waals surface area contributed by atoms with E-state index in [0.29, 0.717) is 6.54 Å². The number of hydrogen-bond acceptors (Lipinski definition) is 3. The summed E-state index contributed by atoms with van der Waals surface area (Å²) in [5.74, 6) is 0. The molecule has 17 heavy (non-hydrogen) atoms. The van der Waals surface area contributed by atoms with E-state index in [4.69, 9.17) is 5.53 Å². The molecule has 0 unspecified atom stereocenters. The number of aliphatic hydroxyl groups is 1. The van der Waals surface area contributed by atoms with Crippen LogP contribution in [0.4, 0.5) is 0 Å². The first-order valence-corrected chi connectivity index (χ1v) is 5.78. The van der Waals surface area contributed by atoms with E-state index in [1.807, 2.05) is 18.2 Å². The standard InChI is InChI=1S/C12H16N4O/c13-15-14-11-6-7-16(9-12(11)17)8-10-4-2-1-3-5-10/h1-5,11-12,17H,6-9H2/t11-,12-/m0/s1. The zero-order chi connectivity index (χ0) is 12.1. The number of rotatable bonds is 3. The van der Waals surface area contributed by atoms with Crippen LogP contribution in [0.3, 0.4) is 0 Å². The van der Waals surface area contributed by atoms with Gasteiger partial charge in [-0.15, -0.1) is 0 Å². The molecule has 0 amide bonds. The zero-order valence-electron chi connectivity index (χ0n) is 9.61. The van der Waals surface area contributed by atoms with E-state index in [1.165, 1.54) is 5.56 Å². The molecule has 1 N–H and O–H groups in total. The Morgan fingerprint density at radius 3 is 2.82 bits per heavy atom. The van der Waals surface area contributed by atoms with Gasteiger partial charge >= 0.3 is 0 Å². The van der Waals surface area contributed by atoms with Crippen LogP contribution in [0.5, 0.6) is 0 Å². The average Bonchev–Trinajstić information content (AvgIpc) is 2.34. The smallest absolute Gasteiger partial charge is 0.0752 e. The molecule has 90 valence electrons. The highest BCUT2D eigenvalue weighted by molar-refractivity contribution is 5.14. The second kappa shape index (κ2) is 5.68. The van der Waals surface area contributed by atoms with Crippen LogP contribution in [0.25, 0.3) is 10.4 Å². The van der Waals surface area contributed by atoms with E-state index in [-0.39, 0.29) is 6.04 Å². The van der Waals surface area contributed by atoms with Crippen LogP contribution < -0.4 is 0 Å². The van der Waals surface area contributed by atoms with Gasteiger partial charge in [0.1, 0.15) is 0 Å². The minimum Gasteiger partial charge on any atom is -0.391 e. The van der Waals surface area contributed by atoms with Crippen LogP contribution in [0, 0.1) is 0 Å². The lowest BCUT2D eigenvalue weighted by Crippen LogP contribution is -2.45. The van der Waals surface area contributed by atoms with Gasteiger partial charge in [-0.05, 0) is 24.1 Å². The normalized spacial score (nSPS) is 25.2. The minimum absolute atomic E-state index is 0.271. The van der Waals surface area contributed by atoms with Gasteiger partial charge in [-0.25, -0.2) is 0 Å². The van der Waals surface area contributed by atoms with Crippen molar-refractivity contribution >= 4 is 0 Å². The summed E-state index contributed by atoms with van der Waals surface area (Å²) in [6.07, 6.45) is 0.168. The Hall–Kier alpha value is -1.55. The molecule has 5 heteroatoms. The number of likely N-dealkylation sites (tertiary alicyclic amines) is 1.